The van der Waals surface area contributed by atoms with Crippen LogP contribution in [0.5, 0.6) is 11.5 Å². The molecule has 0 aliphatic carbocycles. The number of anilines is 1. The maximum atomic E-state index is 13.1. The van der Waals surface area contributed by atoms with Gasteiger partial charge < -0.3 is 14.8 Å². The number of amides is 3. The number of para-hydroxylation sites is 1. The number of methoxy groups -OCH3 is 1. The van der Waals surface area contributed by atoms with Crippen molar-refractivity contribution in [3.63, 3.8) is 0 Å². The Morgan fingerprint density at radius 1 is 1.09 bits per heavy atom. The SMILES string of the molecule is COC(=O)c1cc(NC(=O)CN2C(=O)S/C(=C/c3ccccc3Oc3ccc(C(F)(F)F)cc3[N+](=O)[O-])C2=O)ccc1Cl. The van der Waals surface area contributed by atoms with E-state index in [1.54, 1.807) is 0 Å². The zero-order valence-electron chi connectivity index (χ0n) is 21.6. The highest BCUT2D eigenvalue weighted by Gasteiger charge is 2.37. The minimum absolute atomic E-state index is 0.0152. The van der Waals surface area contributed by atoms with E-state index in [0.29, 0.717) is 28.8 Å². The van der Waals surface area contributed by atoms with Crippen LogP contribution in [0.2, 0.25) is 5.02 Å². The van der Waals surface area contributed by atoms with Gasteiger partial charge in [0.1, 0.15) is 12.3 Å². The summed E-state index contributed by atoms with van der Waals surface area (Å²) in [5.41, 5.74) is -1.87. The first kappa shape index (κ1) is 31.1. The fourth-order valence-corrected chi connectivity index (χ4v) is 4.75. The first-order valence-corrected chi connectivity index (χ1v) is 13.0. The number of ether oxygens (including phenoxy) is 2. The summed E-state index contributed by atoms with van der Waals surface area (Å²) in [4.78, 5) is 61.0. The monoisotopic (exact) mass is 635 g/mol. The summed E-state index contributed by atoms with van der Waals surface area (Å²) in [6, 6.07) is 11.6. The molecular weight excluding hydrogens is 619 g/mol. The van der Waals surface area contributed by atoms with Crippen LogP contribution in [0.3, 0.4) is 0 Å². The van der Waals surface area contributed by atoms with Crippen molar-refractivity contribution < 1.29 is 46.7 Å². The molecule has 1 fully saturated rings. The van der Waals surface area contributed by atoms with Crippen LogP contribution in [0.15, 0.2) is 65.6 Å². The average molecular weight is 636 g/mol. The summed E-state index contributed by atoms with van der Waals surface area (Å²) in [6.07, 6.45) is -3.57. The molecular formula is C27H17ClF3N3O8S. The molecule has 43 heavy (non-hydrogen) atoms. The van der Waals surface area contributed by atoms with Gasteiger partial charge in [-0.05, 0) is 54.2 Å². The molecule has 0 radical (unpaired) electrons. The summed E-state index contributed by atoms with van der Waals surface area (Å²) in [5.74, 6) is -2.87. The molecule has 1 saturated heterocycles. The summed E-state index contributed by atoms with van der Waals surface area (Å²) in [7, 11) is 1.15. The molecule has 11 nitrogen and oxygen atoms in total. The van der Waals surface area contributed by atoms with Gasteiger partial charge >= 0.3 is 17.8 Å². The van der Waals surface area contributed by atoms with Gasteiger partial charge in [0, 0.05) is 17.3 Å². The number of hydrogen-bond donors (Lipinski definition) is 1. The number of carbonyl (C=O) groups excluding carboxylic acids is 4. The van der Waals surface area contributed by atoms with Gasteiger partial charge in [0.25, 0.3) is 11.1 Å². The first-order valence-electron chi connectivity index (χ1n) is 11.8. The number of nitro groups is 1. The molecule has 222 valence electrons. The molecule has 3 aromatic carbocycles. The Morgan fingerprint density at radius 2 is 1.81 bits per heavy atom. The highest BCUT2D eigenvalue weighted by atomic mass is 35.5. The lowest BCUT2D eigenvalue weighted by Crippen LogP contribution is -2.36. The van der Waals surface area contributed by atoms with E-state index < -0.39 is 57.7 Å². The number of nitrogens with zero attached hydrogens (tertiary/aromatic N) is 2. The average Bonchev–Trinajstić information content (AvgIpc) is 3.21. The highest BCUT2D eigenvalue weighted by molar-refractivity contribution is 8.18. The maximum Gasteiger partial charge on any atom is 0.416 e. The molecule has 1 N–H and O–H groups in total. The fraction of sp³-hybridized carbons (Fsp3) is 0.111. The molecule has 16 heteroatoms. The molecule has 0 unspecified atom stereocenters. The molecule has 0 bridgehead atoms. The predicted molar refractivity (Wildman–Crippen MR) is 149 cm³/mol. The van der Waals surface area contributed by atoms with E-state index in [1.807, 2.05) is 0 Å². The number of nitrogens with one attached hydrogen (secondary N) is 1. The maximum absolute atomic E-state index is 13.1. The Morgan fingerprint density at radius 3 is 2.49 bits per heavy atom. The summed E-state index contributed by atoms with van der Waals surface area (Å²) in [6.45, 7) is -0.673. The normalized spacial score (nSPS) is 14.2. The van der Waals surface area contributed by atoms with E-state index >= 15 is 0 Å². The Labute approximate surface area is 249 Å². The van der Waals surface area contributed by atoms with E-state index in [0.717, 1.165) is 13.2 Å². The Bertz CT molecular complexity index is 1700. The number of carbonyl (C=O) groups is 4. The molecule has 1 aliphatic rings. The fourth-order valence-electron chi connectivity index (χ4n) is 3.72. The smallest absolute Gasteiger partial charge is 0.416 e. The third-order valence-corrected chi connectivity index (χ3v) is 6.98. The lowest BCUT2D eigenvalue weighted by atomic mass is 10.1. The number of rotatable bonds is 8. The number of nitro benzene ring substituents is 1. The molecule has 0 atom stereocenters. The van der Waals surface area contributed by atoms with Crippen molar-refractivity contribution >= 4 is 63.8 Å². The zero-order chi connectivity index (χ0) is 31.5. The van der Waals surface area contributed by atoms with Crippen LogP contribution in [0.1, 0.15) is 21.5 Å². The van der Waals surface area contributed by atoms with Crippen molar-refractivity contribution in [1.82, 2.24) is 4.90 Å². The van der Waals surface area contributed by atoms with Crippen LogP contribution in [-0.2, 0) is 20.5 Å². The largest absolute Gasteiger partial charge is 0.465 e. The Hall–Kier alpha value is -4.89. The molecule has 4 rings (SSSR count). The van der Waals surface area contributed by atoms with Gasteiger partial charge in [-0.25, -0.2) is 4.79 Å². The van der Waals surface area contributed by atoms with Crippen molar-refractivity contribution in [3.05, 3.63) is 97.4 Å². The van der Waals surface area contributed by atoms with E-state index in [2.05, 4.69) is 10.1 Å². The highest BCUT2D eigenvalue weighted by Crippen LogP contribution is 2.40. The number of hydrogen-bond acceptors (Lipinski definition) is 9. The minimum atomic E-state index is -4.82. The molecule has 3 amide bonds. The van der Waals surface area contributed by atoms with Crippen molar-refractivity contribution in [1.29, 1.82) is 0 Å². The molecule has 0 aromatic heterocycles. The first-order chi connectivity index (χ1) is 20.3. The van der Waals surface area contributed by atoms with Crippen molar-refractivity contribution in [2.45, 2.75) is 6.18 Å². The minimum Gasteiger partial charge on any atom is -0.465 e. The number of esters is 1. The molecule has 1 aliphatic heterocycles. The van der Waals surface area contributed by atoms with Gasteiger partial charge in [0.2, 0.25) is 11.7 Å². The van der Waals surface area contributed by atoms with Gasteiger partial charge in [0.15, 0.2) is 0 Å². The topological polar surface area (TPSA) is 145 Å². The third kappa shape index (κ3) is 7.13. The van der Waals surface area contributed by atoms with Gasteiger partial charge in [-0.1, -0.05) is 29.8 Å². The Balaban J connectivity index is 1.53. The molecule has 0 spiro atoms. The van der Waals surface area contributed by atoms with E-state index in [4.69, 9.17) is 16.3 Å². The van der Waals surface area contributed by atoms with E-state index in [1.165, 1.54) is 48.5 Å². The number of benzene rings is 3. The van der Waals surface area contributed by atoms with Crippen LogP contribution >= 0.6 is 23.4 Å². The van der Waals surface area contributed by atoms with Crippen LogP contribution in [0, 0.1) is 10.1 Å². The lowest BCUT2D eigenvalue weighted by molar-refractivity contribution is -0.385. The quantitative estimate of drug-likeness (QED) is 0.126. The molecule has 0 saturated carbocycles. The second kappa shape index (κ2) is 12.5. The molecule has 1 heterocycles. The van der Waals surface area contributed by atoms with Gasteiger partial charge in [0.05, 0.1) is 33.1 Å². The van der Waals surface area contributed by atoms with Crippen molar-refractivity contribution in [3.8, 4) is 11.5 Å². The number of imide groups is 1. The number of thioether (sulfide) groups is 1. The van der Waals surface area contributed by atoms with Crippen molar-refractivity contribution in [2.24, 2.45) is 0 Å². The van der Waals surface area contributed by atoms with E-state index in [9.17, 15) is 42.5 Å². The van der Waals surface area contributed by atoms with Crippen LogP contribution in [0.25, 0.3) is 6.08 Å². The summed E-state index contributed by atoms with van der Waals surface area (Å²) in [5, 5.41) is 13.2. The van der Waals surface area contributed by atoms with E-state index in [-0.39, 0.29) is 32.5 Å². The number of halogens is 4. The standard InChI is InChI=1S/C27H17ClF3N3O8S/c1-41-25(37)17-12-16(7-8-18(17)28)32-23(35)13-33-24(36)22(43-26(33)38)10-14-4-2-3-5-20(14)42-21-9-6-15(27(29,30)31)11-19(21)34(39)40/h2-12H,13H2,1H3,(H,32,35)/b22-10+. The summed E-state index contributed by atoms with van der Waals surface area (Å²) >= 11 is 6.48. The summed E-state index contributed by atoms with van der Waals surface area (Å²) < 4.78 is 49.4. The predicted octanol–water partition coefficient (Wildman–Crippen LogP) is 6.52. The van der Waals surface area contributed by atoms with Crippen LogP contribution < -0.4 is 10.1 Å². The van der Waals surface area contributed by atoms with Gasteiger partial charge in [-0.3, -0.25) is 29.4 Å². The molecule has 3 aromatic rings. The zero-order valence-corrected chi connectivity index (χ0v) is 23.2. The third-order valence-electron chi connectivity index (χ3n) is 5.74. The lowest BCUT2D eigenvalue weighted by Gasteiger charge is -2.13. The number of alkyl halides is 3. The second-order valence-corrected chi connectivity index (χ2v) is 9.98. The van der Waals surface area contributed by atoms with Crippen molar-refractivity contribution in [2.75, 3.05) is 19.0 Å². The Kier molecular flexibility index (Phi) is 9.06. The second-order valence-electron chi connectivity index (χ2n) is 8.58. The van der Waals surface area contributed by atoms with Gasteiger partial charge in [-0.15, -0.1) is 0 Å². The van der Waals surface area contributed by atoms with Crippen LogP contribution in [-0.4, -0.2) is 46.5 Å². The van der Waals surface area contributed by atoms with Crippen LogP contribution in [0.4, 0.5) is 29.3 Å². The van der Waals surface area contributed by atoms with Gasteiger partial charge in [-0.2, -0.15) is 13.2 Å².